The van der Waals surface area contributed by atoms with Gasteiger partial charge in [0.2, 0.25) is 15.9 Å². The van der Waals surface area contributed by atoms with Gasteiger partial charge in [0.05, 0.1) is 22.1 Å². The first-order chi connectivity index (χ1) is 15.2. The third-order valence-electron chi connectivity index (χ3n) is 5.63. The summed E-state index contributed by atoms with van der Waals surface area (Å²) >= 11 is 0. The second kappa shape index (κ2) is 10.2. The van der Waals surface area contributed by atoms with E-state index in [1.54, 1.807) is 24.3 Å². The molecule has 2 atom stereocenters. The van der Waals surface area contributed by atoms with Gasteiger partial charge in [0.1, 0.15) is 5.82 Å². The zero-order valence-electron chi connectivity index (χ0n) is 18.2. The van der Waals surface area contributed by atoms with Gasteiger partial charge in [0.25, 0.3) is 5.91 Å². The van der Waals surface area contributed by atoms with Gasteiger partial charge in [-0.2, -0.15) is 4.31 Å². The van der Waals surface area contributed by atoms with Crippen molar-refractivity contribution in [3.8, 4) is 0 Å². The van der Waals surface area contributed by atoms with Crippen LogP contribution in [0.1, 0.15) is 43.5 Å². The van der Waals surface area contributed by atoms with Gasteiger partial charge >= 0.3 is 0 Å². The number of benzene rings is 2. The fourth-order valence-corrected chi connectivity index (χ4v) is 5.08. The first-order valence-electron chi connectivity index (χ1n) is 10.7. The van der Waals surface area contributed by atoms with Crippen LogP contribution >= 0.6 is 0 Å². The molecular formula is C23H28FN3O4S. The maximum Gasteiger partial charge on any atom is 0.253 e. The first kappa shape index (κ1) is 23.9. The highest BCUT2D eigenvalue weighted by Gasteiger charge is 2.33. The zero-order chi connectivity index (χ0) is 23.3. The normalized spacial score (nSPS) is 18.0. The van der Waals surface area contributed by atoms with Gasteiger partial charge in [-0.3, -0.25) is 9.59 Å². The number of piperidine rings is 1. The minimum absolute atomic E-state index is 0.00479. The van der Waals surface area contributed by atoms with E-state index in [-0.39, 0.29) is 35.8 Å². The molecule has 1 aliphatic heterocycles. The van der Waals surface area contributed by atoms with Gasteiger partial charge < -0.3 is 10.6 Å². The zero-order valence-corrected chi connectivity index (χ0v) is 19.0. The average molecular weight is 462 g/mol. The number of rotatable bonds is 7. The van der Waals surface area contributed by atoms with Gasteiger partial charge in [-0.05, 0) is 62.6 Å². The Bertz CT molecular complexity index is 1070. The number of amides is 2. The molecule has 1 fully saturated rings. The number of anilines is 1. The molecule has 0 saturated carbocycles. The Kier molecular flexibility index (Phi) is 7.63. The standard InChI is InChI=1S/C23H28FN3O4S/c1-3-16(2)25-23(29)20-8-4-5-9-21(20)26-22(28)17-7-6-14-27(15-17)32(30,31)19-12-10-18(24)11-13-19/h4-5,8-13,16-17H,3,6-7,14-15H2,1-2H3,(H,25,29)(H,26,28)/t16-,17-/m0/s1. The first-order valence-corrected chi connectivity index (χ1v) is 12.1. The number of halogens is 1. The van der Waals surface area contributed by atoms with Crippen LogP contribution in [-0.4, -0.2) is 43.7 Å². The molecule has 172 valence electrons. The summed E-state index contributed by atoms with van der Waals surface area (Å²) < 4.78 is 40.3. The van der Waals surface area contributed by atoms with Crippen LogP contribution in [0.4, 0.5) is 10.1 Å². The molecule has 1 heterocycles. The van der Waals surface area contributed by atoms with Crippen LogP contribution in [0.15, 0.2) is 53.4 Å². The van der Waals surface area contributed by atoms with E-state index in [0.29, 0.717) is 24.1 Å². The van der Waals surface area contributed by atoms with Crippen LogP contribution < -0.4 is 10.6 Å². The van der Waals surface area contributed by atoms with Crippen molar-refractivity contribution in [1.29, 1.82) is 0 Å². The second-order valence-corrected chi connectivity index (χ2v) is 9.91. The van der Waals surface area contributed by atoms with Crippen molar-refractivity contribution in [2.24, 2.45) is 5.92 Å². The summed E-state index contributed by atoms with van der Waals surface area (Å²) in [7, 11) is -3.83. The van der Waals surface area contributed by atoms with Crippen molar-refractivity contribution in [3.63, 3.8) is 0 Å². The molecule has 9 heteroatoms. The Morgan fingerprint density at radius 1 is 1.16 bits per heavy atom. The predicted molar refractivity (Wildman–Crippen MR) is 120 cm³/mol. The van der Waals surface area contributed by atoms with Crippen molar-refractivity contribution in [2.75, 3.05) is 18.4 Å². The molecule has 0 radical (unpaired) electrons. The number of nitrogens with one attached hydrogen (secondary N) is 2. The van der Waals surface area contributed by atoms with E-state index in [1.165, 1.54) is 16.4 Å². The highest BCUT2D eigenvalue weighted by Crippen LogP contribution is 2.25. The van der Waals surface area contributed by atoms with E-state index in [2.05, 4.69) is 10.6 Å². The third-order valence-corrected chi connectivity index (χ3v) is 7.51. The van der Waals surface area contributed by atoms with Crippen molar-refractivity contribution >= 4 is 27.5 Å². The molecule has 1 saturated heterocycles. The van der Waals surface area contributed by atoms with Crippen LogP contribution in [0.3, 0.4) is 0 Å². The van der Waals surface area contributed by atoms with Gasteiger partial charge in [-0.25, -0.2) is 12.8 Å². The molecule has 0 aliphatic carbocycles. The summed E-state index contributed by atoms with van der Waals surface area (Å²) in [6.07, 6.45) is 1.83. The maximum atomic E-state index is 13.2. The molecule has 0 bridgehead atoms. The molecule has 0 aromatic heterocycles. The summed E-state index contributed by atoms with van der Waals surface area (Å²) in [6.45, 7) is 4.18. The Morgan fingerprint density at radius 2 is 1.84 bits per heavy atom. The molecule has 2 N–H and O–H groups in total. The lowest BCUT2D eigenvalue weighted by Gasteiger charge is -2.31. The maximum absolute atomic E-state index is 13.2. The molecule has 3 rings (SSSR count). The monoisotopic (exact) mass is 461 g/mol. The smallest absolute Gasteiger partial charge is 0.253 e. The Balaban J connectivity index is 1.73. The molecule has 7 nitrogen and oxygen atoms in total. The number of carbonyl (C=O) groups excluding carboxylic acids is 2. The summed E-state index contributed by atoms with van der Waals surface area (Å²) in [5, 5.41) is 5.68. The van der Waals surface area contributed by atoms with E-state index >= 15 is 0 Å². The lowest BCUT2D eigenvalue weighted by molar-refractivity contribution is -0.120. The second-order valence-electron chi connectivity index (χ2n) is 7.97. The Hall–Kier alpha value is -2.78. The van der Waals surface area contributed by atoms with E-state index in [1.807, 2.05) is 13.8 Å². The highest BCUT2D eigenvalue weighted by atomic mass is 32.2. The summed E-state index contributed by atoms with van der Waals surface area (Å²) in [5.41, 5.74) is 0.740. The van der Waals surface area contributed by atoms with Crippen molar-refractivity contribution in [1.82, 2.24) is 9.62 Å². The van der Waals surface area contributed by atoms with Crippen LogP contribution in [0.5, 0.6) is 0 Å². The van der Waals surface area contributed by atoms with Crippen molar-refractivity contribution in [2.45, 2.75) is 44.0 Å². The number of nitrogens with zero attached hydrogens (tertiary/aromatic N) is 1. The minimum Gasteiger partial charge on any atom is -0.350 e. The summed E-state index contributed by atoms with van der Waals surface area (Å²) in [5.74, 6) is -1.70. The number of sulfonamides is 1. The van der Waals surface area contributed by atoms with Gasteiger partial charge in [0, 0.05) is 19.1 Å². The largest absolute Gasteiger partial charge is 0.350 e. The van der Waals surface area contributed by atoms with Gasteiger partial charge in [0.15, 0.2) is 0 Å². The average Bonchev–Trinajstić information content (AvgIpc) is 2.79. The van der Waals surface area contributed by atoms with Gasteiger partial charge in [-0.1, -0.05) is 19.1 Å². The lowest BCUT2D eigenvalue weighted by atomic mass is 9.98. The molecular weight excluding hydrogens is 433 g/mol. The van der Waals surface area contributed by atoms with E-state index < -0.39 is 21.8 Å². The molecule has 0 spiro atoms. The van der Waals surface area contributed by atoms with Gasteiger partial charge in [-0.15, -0.1) is 0 Å². The SMILES string of the molecule is CC[C@H](C)NC(=O)c1ccccc1NC(=O)[C@H]1CCCN(S(=O)(=O)c2ccc(F)cc2)C1. The number of hydrogen-bond acceptors (Lipinski definition) is 4. The molecule has 2 aromatic rings. The molecule has 1 aliphatic rings. The van der Waals surface area contributed by atoms with E-state index in [9.17, 15) is 22.4 Å². The summed E-state index contributed by atoms with van der Waals surface area (Å²) in [4.78, 5) is 25.5. The predicted octanol–water partition coefficient (Wildman–Crippen LogP) is 3.39. The molecule has 0 unspecified atom stereocenters. The number of hydrogen-bond donors (Lipinski definition) is 2. The topological polar surface area (TPSA) is 95.6 Å². The van der Waals surface area contributed by atoms with Crippen LogP contribution in [0, 0.1) is 11.7 Å². The molecule has 32 heavy (non-hydrogen) atoms. The fourth-order valence-electron chi connectivity index (χ4n) is 3.56. The van der Waals surface area contributed by atoms with Crippen LogP contribution in [0.25, 0.3) is 0 Å². The fraction of sp³-hybridized carbons (Fsp3) is 0.391. The van der Waals surface area contributed by atoms with Crippen LogP contribution in [0.2, 0.25) is 0 Å². The minimum atomic E-state index is -3.83. The lowest BCUT2D eigenvalue weighted by Crippen LogP contribution is -2.43. The van der Waals surface area contributed by atoms with Crippen molar-refractivity contribution in [3.05, 3.63) is 59.9 Å². The third kappa shape index (κ3) is 5.52. The highest BCUT2D eigenvalue weighted by molar-refractivity contribution is 7.89. The van der Waals surface area contributed by atoms with E-state index in [4.69, 9.17) is 0 Å². The summed E-state index contributed by atoms with van der Waals surface area (Å²) in [6, 6.07) is 11.4. The molecule has 2 aromatic carbocycles. The van der Waals surface area contributed by atoms with E-state index in [0.717, 1.165) is 18.6 Å². The number of para-hydroxylation sites is 1. The number of carbonyl (C=O) groups is 2. The molecule has 2 amide bonds. The van der Waals surface area contributed by atoms with Crippen LogP contribution in [-0.2, 0) is 14.8 Å². The van der Waals surface area contributed by atoms with Crippen molar-refractivity contribution < 1.29 is 22.4 Å². The Labute approximate surface area is 188 Å². The Morgan fingerprint density at radius 3 is 2.53 bits per heavy atom. The quantitative estimate of drug-likeness (QED) is 0.661.